The van der Waals surface area contributed by atoms with Crippen molar-refractivity contribution in [2.45, 2.75) is 124 Å². The summed E-state index contributed by atoms with van der Waals surface area (Å²) in [5.41, 5.74) is 33.5. The highest BCUT2D eigenvalue weighted by Crippen LogP contribution is 2.63. The van der Waals surface area contributed by atoms with E-state index in [4.69, 9.17) is 0 Å². The van der Waals surface area contributed by atoms with Crippen LogP contribution in [0.5, 0.6) is 0 Å². The molecular weight excluding hydrogens is 940 g/mol. The van der Waals surface area contributed by atoms with E-state index < -0.39 is 5.41 Å². The zero-order valence-electron chi connectivity index (χ0n) is 46.7. The smallest absolute Gasteiger partial charge is 0.252 e. The number of nitrogens with zero attached hydrogens (tertiary/aromatic N) is 2. The Morgan fingerprint density at radius 3 is 1.63 bits per heavy atom. The zero-order valence-corrected chi connectivity index (χ0v) is 46.7. The predicted octanol–water partition coefficient (Wildman–Crippen LogP) is 17.6. The minimum absolute atomic E-state index is 0.00879. The predicted molar refractivity (Wildman–Crippen MR) is 330 cm³/mol. The summed E-state index contributed by atoms with van der Waals surface area (Å²) in [7, 11) is 0. The van der Waals surface area contributed by atoms with E-state index in [0.717, 1.165) is 0 Å². The molecule has 0 bridgehead atoms. The van der Waals surface area contributed by atoms with Crippen LogP contribution in [0.3, 0.4) is 0 Å². The van der Waals surface area contributed by atoms with Crippen molar-refractivity contribution in [3.63, 3.8) is 0 Å². The Balaban J connectivity index is 1.09. The molecule has 78 heavy (non-hydrogen) atoms. The van der Waals surface area contributed by atoms with Crippen LogP contribution in [-0.2, 0) is 5.41 Å². The summed E-state index contributed by atoms with van der Waals surface area (Å²) < 4.78 is 5.63. The van der Waals surface area contributed by atoms with Gasteiger partial charge in [0.1, 0.15) is 0 Å². The van der Waals surface area contributed by atoms with Crippen LogP contribution in [0.2, 0.25) is 0 Å². The van der Waals surface area contributed by atoms with Crippen molar-refractivity contribution in [3.8, 4) is 44.9 Å². The van der Waals surface area contributed by atoms with Gasteiger partial charge in [-0.1, -0.05) is 183 Å². The van der Waals surface area contributed by atoms with Crippen LogP contribution in [0, 0.1) is 38.5 Å². The van der Waals surface area contributed by atoms with E-state index in [-0.39, 0.29) is 6.71 Å². The van der Waals surface area contributed by atoms with E-state index in [2.05, 4.69) is 216 Å². The molecule has 0 N–H and O–H groups in total. The number of fused-ring (bicyclic) bond motifs is 13. The maximum absolute atomic E-state index is 2.87. The minimum Gasteiger partial charge on any atom is -0.310 e. The Bertz CT molecular complexity index is 4420. The molecule has 11 aromatic rings. The van der Waals surface area contributed by atoms with Gasteiger partial charge in [0.25, 0.3) is 6.71 Å². The van der Waals surface area contributed by atoms with Crippen molar-refractivity contribution in [1.82, 2.24) is 9.13 Å². The average Bonchev–Trinajstić information content (AvgIpc) is 3.74. The van der Waals surface area contributed by atoms with Gasteiger partial charge in [-0.2, -0.15) is 0 Å². The van der Waals surface area contributed by atoms with Crippen molar-refractivity contribution in [2.75, 3.05) is 0 Å². The first-order chi connectivity index (χ1) is 37.8. The largest absolute Gasteiger partial charge is 0.310 e. The van der Waals surface area contributed by atoms with Gasteiger partial charge in [-0.25, -0.2) is 0 Å². The normalized spacial score (nSPS) is 18.0. The van der Waals surface area contributed by atoms with E-state index in [9.17, 15) is 0 Å². The number of benzene rings is 9. The average molecular weight is 1010 g/mol. The minimum atomic E-state index is -0.540. The van der Waals surface area contributed by atoms with E-state index in [1.165, 1.54) is 201 Å². The van der Waals surface area contributed by atoms with Crippen LogP contribution in [0.1, 0.15) is 147 Å². The molecule has 0 unspecified atom stereocenters. The molecule has 0 saturated heterocycles. The summed E-state index contributed by atoms with van der Waals surface area (Å²) in [4.78, 5) is 0. The molecule has 0 atom stereocenters. The maximum atomic E-state index is 2.87. The van der Waals surface area contributed by atoms with Crippen LogP contribution in [0.15, 0.2) is 152 Å². The summed E-state index contributed by atoms with van der Waals surface area (Å²) in [6.07, 6.45) is 10.0. The first kappa shape index (κ1) is 45.6. The van der Waals surface area contributed by atoms with Gasteiger partial charge in [-0.3, -0.25) is 0 Å². The molecular formula is C75H67BN2. The molecule has 2 aromatic heterocycles. The van der Waals surface area contributed by atoms with Crippen molar-refractivity contribution in [1.29, 1.82) is 0 Å². The van der Waals surface area contributed by atoms with Crippen LogP contribution >= 0.6 is 0 Å². The van der Waals surface area contributed by atoms with Crippen molar-refractivity contribution < 1.29 is 0 Å². The standard InChI is InChI=1S/C75H67BN2/c1-42-13-19-48(20-14-42)65-66-53-12-10-9-11-50(53)40-63-72(66)77(68(65)49-21-15-43(2)16-22-49)64-26-25-58-71-67(64)76(63)62-41-52(47-29-33-74(7,8)34-30-47)38-57-56-37-51(46-27-31-73(5,6)32-28-46)39-61(69(56)78(71)70(57)62)75(58)59-35-44(3)17-23-54(59)55-24-18-45(4)36-60(55)75/h9-26,35-41,46-47H,27-34H2,1-8H3. The SMILES string of the molecule is Cc1ccc(-c2c(-c3ccc(C)cc3)n3c4c(cc5ccccc5c24)B2c4c-3ccc3c4-n4c5c2cc(C2CCC(C)(C)CC2)cc5c2cc(C5CCC(C)(C)CC5)cc(c24)C32c3cc(C)ccc3-c3ccc(C)cc32)cc1. The highest BCUT2D eigenvalue weighted by Gasteiger charge is 2.55. The van der Waals surface area contributed by atoms with E-state index in [1.807, 2.05) is 0 Å². The Morgan fingerprint density at radius 2 is 1.00 bits per heavy atom. The van der Waals surface area contributed by atoms with Gasteiger partial charge in [-0.05, 0) is 203 Å². The molecule has 6 aliphatic rings. The summed E-state index contributed by atoms with van der Waals surface area (Å²) in [5, 5.41) is 6.92. The maximum Gasteiger partial charge on any atom is 0.252 e. The lowest BCUT2D eigenvalue weighted by molar-refractivity contribution is 0.224. The molecule has 0 amide bonds. The Kier molecular flexibility index (Phi) is 9.05. The molecule has 380 valence electrons. The van der Waals surface area contributed by atoms with Gasteiger partial charge < -0.3 is 9.13 Å². The lowest BCUT2D eigenvalue weighted by Crippen LogP contribution is -2.60. The fourth-order valence-corrected chi connectivity index (χ4v) is 17.0. The molecule has 9 aromatic carbocycles. The highest BCUT2D eigenvalue weighted by molar-refractivity contribution is 7.00. The lowest BCUT2D eigenvalue weighted by atomic mass is 9.33. The van der Waals surface area contributed by atoms with Crippen molar-refractivity contribution >= 4 is 66.6 Å². The summed E-state index contributed by atoms with van der Waals surface area (Å²) >= 11 is 0. The molecule has 5 heterocycles. The third-order valence-electron chi connectivity index (χ3n) is 21.1. The van der Waals surface area contributed by atoms with Crippen LogP contribution in [0.4, 0.5) is 0 Å². The number of hydrogen-bond acceptors (Lipinski definition) is 0. The molecule has 17 rings (SSSR count). The van der Waals surface area contributed by atoms with Crippen LogP contribution < -0.4 is 16.4 Å². The number of rotatable bonds is 4. The first-order valence-electron chi connectivity index (χ1n) is 29.6. The van der Waals surface area contributed by atoms with Gasteiger partial charge in [0.05, 0.1) is 22.1 Å². The number of hydrogen-bond donors (Lipinski definition) is 0. The van der Waals surface area contributed by atoms with E-state index in [0.29, 0.717) is 22.7 Å². The topological polar surface area (TPSA) is 9.86 Å². The zero-order chi connectivity index (χ0) is 52.5. The van der Waals surface area contributed by atoms with Gasteiger partial charge in [-0.15, -0.1) is 0 Å². The molecule has 0 radical (unpaired) electrons. The molecule has 3 heteroatoms. The van der Waals surface area contributed by atoms with Crippen LogP contribution in [-0.4, -0.2) is 15.8 Å². The van der Waals surface area contributed by atoms with Gasteiger partial charge in [0, 0.05) is 38.6 Å². The number of aryl methyl sites for hydroxylation is 4. The third kappa shape index (κ3) is 5.90. The first-order valence-corrected chi connectivity index (χ1v) is 29.6. The summed E-state index contributed by atoms with van der Waals surface area (Å²) in [5.74, 6) is 1.04. The van der Waals surface area contributed by atoms with E-state index in [1.54, 1.807) is 11.1 Å². The third-order valence-corrected chi connectivity index (χ3v) is 21.1. The fourth-order valence-electron chi connectivity index (χ4n) is 17.0. The highest BCUT2D eigenvalue weighted by atomic mass is 15.1. The molecule has 3 aliphatic heterocycles. The van der Waals surface area contributed by atoms with Gasteiger partial charge in [0.2, 0.25) is 0 Å². The second-order valence-corrected chi connectivity index (χ2v) is 27.1. The van der Waals surface area contributed by atoms with Crippen molar-refractivity contribution in [2.24, 2.45) is 10.8 Å². The van der Waals surface area contributed by atoms with Gasteiger partial charge >= 0.3 is 0 Å². The van der Waals surface area contributed by atoms with E-state index >= 15 is 0 Å². The fraction of sp³-hybridized carbons (Fsp3) is 0.280. The monoisotopic (exact) mass is 1010 g/mol. The second-order valence-electron chi connectivity index (χ2n) is 27.1. The Hall–Kier alpha value is -7.36. The summed E-state index contributed by atoms with van der Waals surface area (Å²) in [6, 6.07) is 61.9. The quantitative estimate of drug-likeness (QED) is 0.156. The summed E-state index contributed by atoms with van der Waals surface area (Å²) in [6.45, 7) is 19.1. The van der Waals surface area contributed by atoms with Crippen LogP contribution in [0.25, 0.3) is 88.4 Å². The molecule has 3 aliphatic carbocycles. The van der Waals surface area contributed by atoms with Crippen molar-refractivity contribution in [3.05, 3.63) is 207 Å². The Labute approximate surface area is 460 Å². The lowest BCUT2D eigenvalue weighted by Gasteiger charge is -2.44. The molecule has 2 nitrogen and oxygen atoms in total. The second kappa shape index (κ2) is 15.5. The van der Waals surface area contributed by atoms with Gasteiger partial charge in [0.15, 0.2) is 0 Å². The Morgan fingerprint density at radius 1 is 0.449 bits per heavy atom. The molecule has 2 fully saturated rings. The molecule has 1 spiro atoms. The molecule has 2 saturated carbocycles. The number of aromatic nitrogens is 2.